The van der Waals surface area contributed by atoms with Gasteiger partial charge >= 0.3 is 5.97 Å². The molecule has 2 rings (SSSR count). The van der Waals surface area contributed by atoms with Crippen molar-refractivity contribution in [1.29, 1.82) is 0 Å². The van der Waals surface area contributed by atoms with E-state index in [4.69, 9.17) is 25.8 Å². The molecule has 0 aromatic heterocycles. The highest BCUT2D eigenvalue weighted by molar-refractivity contribution is 6.32. The molecule has 2 aromatic carbocycles. The van der Waals surface area contributed by atoms with Crippen LogP contribution in [0.5, 0.6) is 11.5 Å². The minimum absolute atomic E-state index is 0.367. The Kier molecular flexibility index (Phi) is 7.89. The van der Waals surface area contributed by atoms with Crippen LogP contribution in [0.4, 0.5) is 5.69 Å². The van der Waals surface area contributed by atoms with Gasteiger partial charge in [0, 0.05) is 11.8 Å². The van der Waals surface area contributed by atoms with Crippen molar-refractivity contribution in [3.8, 4) is 11.5 Å². The van der Waals surface area contributed by atoms with Crippen LogP contribution in [0.25, 0.3) is 6.08 Å². The fraction of sp³-hybridized carbons (Fsp3) is 0.238. The molecule has 0 radical (unpaired) electrons. The second-order valence-electron chi connectivity index (χ2n) is 5.77. The summed E-state index contributed by atoms with van der Waals surface area (Å²) in [6.45, 7) is 3.78. The maximum Gasteiger partial charge on any atom is 0.331 e. The molecule has 1 N–H and O–H groups in total. The molecule has 0 unspecified atom stereocenters. The van der Waals surface area contributed by atoms with Crippen LogP contribution < -0.4 is 14.8 Å². The van der Waals surface area contributed by atoms with E-state index >= 15 is 0 Å². The molecule has 2 aromatic rings. The summed E-state index contributed by atoms with van der Waals surface area (Å²) in [7, 11) is 1.50. The topological polar surface area (TPSA) is 73.9 Å². The van der Waals surface area contributed by atoms with Crippen LogP contribution in [0.3, 0.4) is 0 Å². The minimum Gasteiger partial charge on any atom is -0.493 e. The highest BCUT2D eigenvalue weighted by Gasteiger charge is 2.11. The number of benzene rings is 2. The van der Waals surface area contributed by atoms with Gasteiger partial charge in [-0.05, 0) is 49.2 Å². The van der Waals surface area contributed by atoms with Crippen LogP contribution in [0.15, 0.2) is 42.5 Å². The second-order valence-corrected chi connectivity index (χ2v) is 6.18. The van der Waals surface area contributed by atoms with E-state index in [1.807, 2.05) is 32.0 Å². The third-order valence-corrected chi connectivity index (χ3v) is 4.00. The van der Waals surface area contributed by atoms with Crippen molar-refractivity contribution in [2.75, 3.05) is 25.6 Å². The molecule has 0 aliphatic rings. The van der Waals surface area contributed by atoms with Crippen LogP contribution in [0.1, 0.15) is 18.1 Å². The Hall–Kier alpha value is -2.99. The van der Waals surface area contributed by atoms with Gasteiger partial charge in [-0.3, -0.25) is 4.79 Å². The Morgan fingerprint density at radius 2 is 1.96 bits per heavy atom. The first kappa shape index (κ1) is 21.3. The first-order valence-electron chi connectivity index (χ1n) is 8.65. The molecule has 1 amide bonds. The molecule has 148 valence electrons. The molecule has 7 heteroatoms. The van der Waals surface area contributed by atoms with Gasteiger partial charge in [0.2, 0.25) is 0 Å². The second kappa shape index (κ2) is 10.4. The summed E-state index contributed by atoms with van der Waals surface area (Å²) in [6.07, 6.45) is 2.73. The average Bonchev–Trinajstić information content (AvgIpc) is 2.68. The summed E-state index contributed by atoms with van der Waals surface area (Å²) in [6, 6.07) is 10.7. The fourth-order valence-corrected chi connectivity index (χ4v) is 2.64. The number of aryl methyl sites for hydroxylation is 1. The quantitative estimate of drug-likeness (QED) is 0.526. The van der Waals surface area contributed by atoms with Crippen LogP contribution in [-0.2, 0) is 14.3 Å². The SMILES string of the molecule is CCOc1c(Cl)cc(/C=C/C(=O)OCC(=O)Nc2ccccc2C)cc1OC. The Bertz CT molecular complexity index is 879. The molecule has 0 saturated carbocycles. The monoisotopic (exact) mass is 403 g/mol. The molecule has 6 nitrogen and oxygen atoms in total. The van der Waals surface area contributed by atoms with E-state index in [2.05, 4.69) is 5.32 Å². The normalized spacial score (nSPS) is 10.6. The number of carbonyl (C=O) groups excluding carboxylic acids is 2. The Balaban J connectivity index is 1.94. The number of rotatable bonds is 8. The zero-order valence-corrected chi connectivity index (χ0v) is 16.7. The lowest BCUT2D eigenvalue weighted by molar-refractivity contribution is -0.142. The van der Waals surface area contributed by atoms with Gasteiger partial charge in [-0.1, -0.05) is 29.8 Å². The van der Waals surface area contributed by atoms with Gasteiger partial charge in [0.1, 0.15) is 0 Å². The van der Waals surface area contributed by atoms with Gasteiger partial charge in [0.15, 0.2) is 18.1 Å². The number of esters is 1. The zero-order chi connectivity index (χ0) is 20.5. The third-order valence-electron chi connectivity index (χ3n) is 3.72. The lowest BCUT2D eigenvalue weighted by atomic mass is 10.2. The molecule has 0 aliphatic carbocycles. The smallest absolute Gasteiger partial charge is 0.331 e. The number of amides is 1. The van der Waals surface area contributed by atoms with Crippen molar-refractivity contribution < 1.29 is 23.8 Å². The van der Waals surface area contributed by atoms with Gasteiger partial charge in [-0.2, -0.15) is 0 Å². The summed E-state index contributed by atoms with van der Waals surface area (Å²) in [5.74, 6) is -0.162. The van der Waals surface area contributed by atoms with Crippen molar-refractivity contribution >= 4 is 35.2 Å². The first-order chi connectivity index (χ1) is 13.4. The number of halogens is 1. The predicted octanol–water partition coefficient (Wildman–Crippen LogP) is 4.25. The summed E-state index contributed by atoms with van der Waals surface area (Å²) in [4.78, 5) is 23.8. The van der Waals surface area contributed by atoms with Crippen molar-refractivity contribution in [2.45, 2.75) is 13.8 Å². The molecule has 0 spiro atoms. The number of nitrogens with one attached hydrogen (secondary N) is 1. The van der Waals surface area contributed by atoms with Gasteiger partial charge in [-0.15, -0.1) is 0 Å². The molecule has 0 fully saturated rings. The number of hydrogen-bond donors (Lipinski definition) is 1. The summed E-state index contributed by atoms with van der Waals surface area (Å²) < 4.78 is 15.7. The standard InChI is InChI=1S/C21H22ClNO5/c1-4-27-21-16(22)11-15(12-18(21)26-3)9-10-20(25)28-13-19(24)23-17-8-6-5-7-14(17)2/h5-12H,4,13H2,1-3H3,(H,23,24)/b10-9+. The molecule has 28 heavy (non-hydrogen) atoms. The largest absolute Gasteiger partial charge is 0.493 e. The van der Waals surface area contributed by atoms with Crippen molar-refractivity contribution in [3.63, 3.8) is 0 Å². The van der Waals surface area contributed by atoms with Crippen molar-refractivity contribution in [1.82, 2.24) is 0 Å². The zero-order valence-electron chi connectivity index (χ0n) is 16.0. The number of methoxy groups -OCH3 is 1. The van der Waals surface area contributed by atoms with Gasteiger partial charge < -0.3 is 19.5 Å². The van der Waals surface area contributed by atoms with Gasteiger partial charge in [0.05, 0.1) is 18.7 Å². The van der Waals surface area contributed by atoms with E-state index in [-0.39, 0.29) is 6.61 Å². The lowest BCUT2D eigenvalue weighted by Gasteiger charge is -2.11. The Morgan fingerprint density at radius 1 is 1.21 bits per heavy atom. The molecule has 0 saturated heterocycles. The molecular formula is C21H22ClNO5. The van der Waals surface area contributed by atoms with E-state index in [0.29, 0.717) is 34.4 Å². The third kappa shape index (κ3) is 6.03. The van der Waals surface area contributed by atoms with Crippen LogP contribution in [0.2, 0.25) is 5.02 Å². The number of hydrogen-bond acceptors (Lipinski definition) is 5. The number of para-hydroxylation sites is 1. The Labute approximate surface area is 169 Å². The average molecular weight is 404 g/mol. The van der Waals surface area contributed by atoms with Crippen LogP contribution in [-0.4, -0.2) is 32.2 Å². The van der Waals surface area contributed by atoms with E-state index in [1.54, 1.807) is 18.2 Å². The molecule has 0 aliphatic heterocycles. The fourth-order valence-electron chi connectivity index (χ4n) is 2.37. The van der Waals surface area contributed by atoms with E-state index in [9.17, 15) is 9.59 Å². The minimum atomic E-state index is -0.649. The molecular weight excluding hydrogens is 382 g/mol. The molecule has 0 atom stereocenters. The number of carbonyl (C=O) groups is 2. The summed E-state index contributed by atoms with van der Waals surface area (Å²) in [5, 5.41) is 3.06. The van der Waals surface area contributed by atoms with E-state index in [1.165, 1.54) is 19.3 Å². The van der Waals surface area contributed by atoms with Crippen molar-refractivity contribution in [3.05, 3.63) is 58.6 Å². The van der Waals surface area contributed by atoms with Crippen LogP contribution in [0, 0.1) is 6.92 Å². The predicted molar refractivity (Wildman–Crippen MR) is 109 cm³/mol. The lowest BCUT2D eigenvalue weighted by Crippen LogP contribution is -2.20. The Morgan fingerprint density at radius 3 is 2.64 bits per heavy atom. The highest BCUT2D eigenvalue weighted by Crippen LogP contribution is 2.36. The maximum absolute atomic E-state index is 11.9. The number of ether oxygens (including phenoxy) is 3. The highest BCUT2D eigenvalue weighted by atomic mass is 35.5. The summed E-state index contributed by atoms with van der Waals surface area (Å²) >= 11 is 6.19. The maximum atomic E-state index is 11.9. The van der Waals surface area contributed by atoms with E-state index < -0.39 is 11.9 Å². The number of anilines is 1. The molecule has 0 bridgehead atoms. The van der Waals surface area contributed by atoms with Crippen molar-refractivity contribution in [2.24, 2.45) is 0 Å². The molecule has 0 heterocycles. The van der Waals surface area contributed by atoms with Gasteiger partial charge in [-0.25, -0.2) is 4.79 Å². The van der Waals surface area contributed by atoms with E-state index in [0.717, 1.165) is 5.56 Å². The van der Waals surface area contributed by atoms with Crippen LogP contribution >= 0.6 is 11.6 Å². The van der Waals surface area contributed by atoms with Gasteiger partial charge in [0.25, 0.3) is 5.91 Å². The first-order valence-corrected chi connectivity index (χ1v) is 9.03. The summed E-state index contributed by atoms with van der Waals surface area (Å²) in [5.41, 5.74) is 2.23.